The molecule has 3 amide bonds. The molecular weight excluding hydrogens is 408 g/mol. The number of morpholine rings is 1. The number of urea groups is 1. The van der Waals surface area contributed by atoms with Gasteiger partial charge in [-0.15, -0.1) is 0 Å². The lowest BCUT2D eigenvalue weighted by molar-refractivity contribution is -0.126. The molecule has 3 aliphatic rings. The van der Waals surface area contributed by atoms with Gasteiger partial charge in [-0.3, -0.25) is 14.6 Å². The van der Waals surface area contributed by atoms with E-state index in [0.717, 1.165) is 56.3 Å². The maximum Gasteiger partial charge on any atom is 0.324 e. The molecule has 176 valence electrons. The van der Waals surface area contributed by atoms with Crippen LogP contribution in [0.2, 0.25) is 0 Å². The van der Waals surface area contributed by atoms with Gasteiger partial charge in [0.25, 0.3) is 0 Å². The Labute approximate surface area is 190 Å². The van der Waals surface area contributed by atoms with Crippen LogP contribution in [0.5, 0.6) is 5.75 Å². The van der Waals surface area contributed by atoms with Crippen LogP contribution in [0.4, 0.5) is 10.5 Å². The van der Waals surface area contributed by atoms with E-state index >= 15 is 0 Å². The molecule has 8 heteroatoms. The van der Waals surface area contributed by atoms with E-state index in [4.69, 9.17) is 9.47 Å². The summed E-state index contributed by atoms with van der Waals surface area (Å²) < 4.78 is 11.4. The fraction of sp³-hybridized carbons (Fsp3) is 0.667. The summed E-state index contributed by atoms with van der Waals surface area (Å²) >= 11 is 0. The van der Waals surface area contributed by atoms with E-state index < -0.39 is 0 Å². The Morgan fingerprint density at radius 3 is 2.59 bits per heavy atom. The van der Waals surface area contributed by atoms with Crippen molar-refractivity contribution in [2.75, 3.05) is 63.9 Å². The third-order valence-electron chi connectivity index (χ3n) is 6.74. The molecule has 0 bridgehead atoms. The van der Waals surface area contributed by atoms with Gasteiger partial charge in [-0.05, 0) is 43.9 Å². The summed E-state index contributed by atoms with van der Waals surface area (Å²) in [5.74, 6) is 0.867. The van der Waals surface area contributed by atoms with Gasteiger partial charge < -0.3 is 19.7 Å². The molecule has 1 atom stereocenters. The molecule has 0 saturated carbocycles. The molecule has 1 aromatic carbocycles. The molecule has 4 rings (SSSR count). The minimum atomic E-state index is -0.0219. The van der Waals surface area contributed by atoms with E-state index in [0.29, 0.717) is 39.0 Å². The maximum absolute atomic E-state index is 13.4. The van der Waals surface area contributed by atoms with Gasteiger partial charge in [0, 0.05) is 45.2 Å². The van der Waals surface area contributed by atoms with Crippen molar-refractivity contribution >= 4 is 17.6 Å². The highest BCUT2D eigenvalue weighted by molar-refractivity contribution is 5.94. The second-order valence-electron chi connectivity index (χ2n) is 9.02. The number of nitrogens with zero attached hydrogens (tertiary/aromatic N) is 3. The van der Waals surface area contributed by atoms with Gasteiger partial charge in [0.1, 0.15) is 11.9 Å². The molecule has 8 nitrogen and oxygen atoms in total. The second kappa shape index (κ2) is 10.5. The van der Waals surface area contributed by atoms with Gasteiger partial charge >= 0.3 is 6.03 Å². The Hall–Kier alpha value is -2.32. The average Bonchev–Trinajstić information content (AvgIpc) is 2.83. The molecule has 1 aromatic rings. The van der Waals surface area contributed by atoms with Crippen LogP contribution < -0.4 is 15.0 Å². The van der Waals surface area contributed by atoms with Crippen LogP contribution in [-0.2, 0) is 9.53 Å². The van der Waals surface area contributed by atoms with Crippen molar-refractivity contribution in [3.63, 3.8) is 0 Å². The van der Waals surface area contributed by atoms with Gasteiger partial charge in [-0.25, -0.2) is 4.79 Å². The number of hydrogen-bond acceptors (Lipinski definition) is 5. The molecule has 0 aromatic heterocycles. The van der Waals surface area contributed by atoms with E-state index in [1.807, 2.05) is 34.9 Å². The van der Waals surface area contributed by atoms with Crippen LogP contribution in [0.15, 0.2) is 18.2 Å². The number of carbonyl (C=O) groups excluding carboxylic acids is 2. The smallest absolute Gasteiger partial charge is 0.324 e. The van der Waals surface area contributed by atoms with Crippen LogP contribution in [-0.4, -0.2) is 86.9 Å². The van der Waals surface area contributed by atoms with Crippen molar-refractivity contribution < 1.29 is 19.1 Å². The number of ether oxygens (including phenoxy) is 2. The number of carbonyl (C=O) groups is 2. The number of amides is 3. The Kier molecular flexibility index (Phi) is 7.52. The quantitative estimate of drug-likeness (QED) is 0.754. The van der Waals surface area contributed by atoms with Gasteiger partial charge in [-0.2, -0.15) is 0 Å². The van der Waals surface area contributed by atoms with Crippen LogP contribution in [0.3, 0.4) is 0 Å². The summed E-state index contributed by atoms with van der Waals surface area (Å²) in [4.78, 5) is 32.1. The molecule has 2 saturated heterocycles. The molecule has 0 radical (unpaired) electrons. The van der Waals surface area contributed by atoms with Crippen LogP contribution in [0.1, 0.15) is 31.7 Å². The lowest BCUT2D eigenvalue weighted by Gasteiger charge is -2.39. The number of likely N-dealkylation sites (tertiary alicyclic amines) is 1. The molecule has 0 spiro atoms. The van der Waals surface area contributed by atoms with Gasteiger partial charge in [0.15, 0.2) is 0 Å². The van der Waals surface area contributed by atoms with Crippen LogP contribution >= 0.6 is 0 Å². The fourth-order valence-electron chi connectivity index (χ4n) is 4.66. The van der Waals surface area contributed by atoms with Crippen LogP contribution in [0.25, 0.3) is 0 Å². The minimum Gasteiger partial charge on any atom is -0.486 e. The van der Waals surface area contributed by atoms with E-state index in [1.54, 1.807) is 0 Å². The average molecular weight is 445 g/mol. The summed E-state index contributed by atoms with van der Waals surface area (Å²) in [6.07, 6.45) is 2.27. The van der Waals surface area contributed by atoms with E-state index in [2.05, 4.69) is 17.1 Å². The van der Waals surface area contributed by atoms with Crippen molar-refractivity contribution in [1.82, 2.24) is 15.1 Å². The number of piperidine rings is 1. The predicted molar refractivity (Wildman–Crippen MR) is 123 cm³/mol. The molecule has 0 unspecified atom stereocenters. The van der Waals surface area contributed by atoms with E-state index in [-0.39, 0.29) is 24.0 Å². The Morgan fingerprint density at radius 2 is 1.88 bits per heavy atom. The summed E-state index contributed by atoms with van der Waals surface area (Å²) in [7, 11) is 0. The van der Waals surface area contributed by atoms with Crippen LogP contribution in [0, 0.1) is 12.8 Å². The van der Waals surface area contributed by atoms with Crippen molar-refractivity contribution in [3.8, 4) is 5.75 Å². The van der Waals surface area contributed by atoms with Crippen molar-refractivity contribution in [3.05, 3.63) is 23.8 Å². The first-order valence-corrected chi connectivity index (χ1v) is 12.0. The van der Waals surface area contributed by atoms with Gasteiger partial charge in [0.2, 0.25) is 5.91 Å². The topological polar surface area (TPSA) is 74.4 Å². The molecule has 2 fully saturated rings. The Morgan fingerprint density at radius 1 is 1.12 bits per heavy atom. The standard InChI is InChI=1S/C24H36N4O4/c1-3-20-17-28(21-16-18(2)4-5-22(21)32-20)24(30)27-9-6-19(7-10-27)23(29)25-8-11-26-12-14-31-15-13-26/h4-5,16,19-20H,3,6-15,17H2,1-2H3,(H,25,29)/t20-/m1/s1. The molecule has 3 heterocycles. The number of aryl methyl sites for hydroxylation is 1. The maximum atomic E-state index is 13.4. The SMILES string of the molecule is CC[C@@H]1CN(C(=O)N2CCC(C(=O)NCCN3CCOCC3)CC2)c2cc(C)ccc2O1. The number of fused-ring (bicyclic) bond motifs is 1. The van der Waals surface area contributed by atoms with Gasteiger partial charge in [0.05, 0.1) is 25.4 Å². The predicted octanol–water partition coefficient (Wildman–Crippen LogP) is 2.25. The minimum absolute atomic E-state index is 0.00365. The zero-order valence-corrected chi connectivity index (χ0v) is 19.3. The zero-order valence-electron chi connectivity index (χ0n) is 19.3. The number of anilines is 1. The first-order chi connectivity index (χ1) is 15.5. The summed E-state index contributed by atoms with van der Waals surface area (Å²) in [5, 5.41) is 3.09. The number of rotatable bonds is 5. The highest BCUT2D eigenvalue weighted by Gasteiger charge is 2.34. The number of benzene rings is 1. The second-order valence-corrected chi connectivity index (χ2v) is 9.02. The summed E-state index contributed by atoms with van der Waals surface area (Å²) in [5.41, 5.74) is 1.95. The largest absolute Gasteiger partial charge is 0.486 e. The lowest BCUT2D eigenvalue weighted by Crippen LogP contribution is -2.52. The van der Waals surface area contributed by atoms with Crippen molar-refractivity contribution in [1.29, 1.82) is 0 Å². The Balaban J connectivity index is 1.28. The monoisotopic (exact) mass is 444 g/mol. The normalized spacial score (nSPS) is 22.2. The Bertz CT molecular complexity index is 803. The molecule has 0 aliphatic carbocycles. The van der Waals surface area contributed by atoms with E-state index in [9.17, 15) is 9.59 Å². The zero-order chi connectivity index (χ0) is 22.5. The fourth-order valence-corrected chi connectivity index (χ4v) is 4.66. The lowest BCUT2D eigenvalue weighted by atomic mass is 9.96. The van der Waals surface area contributed by atoms with Crippen molar-refractivity contribution in [2.45, 2.75) is 39.2 Å². The number of hydrogen-bond donors (Lipinski definition) is 1. The highest BCUT2D eigenvalue weighted by atomic mass is 16.5. The third-order valence-corrected chi connectivity index (χ3v) is 6.74. The molecule has 3 aliphatic heterocycles. The molecule has 1 N–H and O–H groups in total. The highest BCUT2D eigenvalue weighted by Crippen LogP contribution is 2.36. The summed E-state index contributed by atoms with van der Waals surface area (Å²) in [6.45, 7) is 10.8. The molecule has 32 heavy (non-hydrogen) atoms. The first-order valence-electron chi connectivity index (χ1n) is 12.0. The number of nitrogens with one attached hydrogen (secondary N) is 1. The van der Waals surface area contributed by atoms with E-state index in [1.165, 1.54) is 0 Å². The van der Waals surface area contributed by atoms with Crippen molar-refractivity contribution in [2.24, 2.45) is 5.92 Å². The summed E-state index contributed by atoms with van der Waals surface area (Å²) in [6, 6.07) is 6.02. The molecular formula is C24H36N4O4. The van der Waals surface area contributed by atoms with Gasteiger partial charge in [-0.1, -0.05) is 13.0 Å². The first kappa shape index (κ1) is 22.9. The third kappa shape index (κ3) is 5.35.